The second-order valence-electron chi connectivity index (χ2n) is 4.79. The van der Waals surface area contributed by atoms with Gasteiger partial charge in [-0.15, -0.1) is 11.3 Å². The fourth-order valence-corrected chi connectivity index (χ4v) is 3.96. The highest BCUT2D eigenvalue weighted by molar-refractivity contribution is 7.21. The minimum atomic E-state index is -0.536. The Morgan fingerprint density at radius 3 is 2.61 bits per heavy atom. The van der Waals surface area contributed by atoms with Gasteiger partial charge in [-0.25, -0.2) is 0 Å². The van der Waals surface area contributed by atoms with Gasteiger partial charge in [-0.1, -0.05) is 40.9 Å². The lowest BCUT2D eigenvalue weighted by Crippen LogP contribution is -2.08. The van der Waals surface area contributed by atoms with Crippen LogP contribution in [0.3, 0.4) is 0 Å². The van der Waals surface area contributed by atoms with E-state index in [2.05, 4.69) is 0 Å². The summed E-state index contributed by atoms with van der Waals surface area (Å²) in [5.41, 5.74) is 6.14. The monoisotopic (exact) mass is 385 g/mol. The molecule has 3 aromatic rings. The summed E-state index contributed by atoms with van der Waals surface area (Å²) < 4.78 is 6.59. The number of halogens is 3. The van der Waals surface area contributed by atoms with Gasteiger partial charge in [0.15, 0.2) is 0 Å². The van der Waals surface area contributed by atoms with Crippen molar-refractivity contribution < 1.29 is 9.53 Å². The first-order valence-corrected chi connectivity index (χ1v) is 8.49. The average molecular weight is 387 g/mol. The van der Waals surface area contributed by atoms with E-state index >= 15 is 0 Å². The molecule has 7 heteroatoms. The van der Waals surface area contributed by atoms with E-state index in [0.717, 1.165) is 15.6 Å². The maximum absolute atomic E-state index is 11.3. The predicted octanol–water partition coefficient (Wildman–Crippen LogP) is 5.54. The largest absolute Gasteiger partial charge is 0.489 e. The molecule has 0 saturated heterocycles. The smallest absolute Gasteiger partial charge is 0.260 e. The Bertz CT molecular complexity index is 908. The average Bonchev–Trinajstić information content (AvgIpc) is 2.83. The lowest BCUT2D eigenvalue weighted by molar-refractivity contribution is 0.100. The SMILES string of the molecule is NC(=O)c1sc2cc(OCc3ccc(Cl)cc3Cl)ccc2c1Cl. The van der Waals surface area contributed by atoms with Crippen LogP contribution in [-0.4, -0.2) is 5.91 Å². The van der Waals surface area contributed by atoms with Gasteiger partial charge in [0.25, 0.3) is 5.91 Å². The van der Waals surface area contributed by atoms with E-state index in [1.165, 1.54) is 11.3 Å². The summed E-state index contributed by atoms with van der Waals surface area (Å²) in [4.78, 5) is 11.7. The predicted molar refractivity (Wildman–Crippen MR) is 96.1 cm³/mol. The van der Waals surface area contributed by atoms with E-state index in [1.54, 1.807) is 24.3 Å². The minimum absolute atomic E-state index is 0.309. The van der Waals surface area contributed by atoms with Crippen molar-refractivity contribution >= 4 is 62.1 Å². The zero-order valence-corrected chi connectivity index (χ0v) is 14.7. The number of carbonyl (C=O) groups excluding carboxylic acids is 1. The maximum Gasteiger partial charge on any atom is 0.260 e. The summed E-state index contributed by atoms with van der Waals surface area (Å²) in [6.45, 7) is 0.309. The number of carbonyl (C=O) groups is 1. The number of benzene rings is 2. The van der Waals surface area contributed by atoms with Crippen molar-refractivity contribution in [2.45, 2.75) is 6.61 Å². The van der Waals surface area contributed by atoms with Crippen LogP contribution in [0.25, 0.3) is 10.1 Å². The molecule has 3 rings (SSSR count). The van der Waals surface area contributed by atoms with E-state index in [1.807, 2.05) is 12.1 Å². The Labute approximate surface area is 151 Å². The Balaban J connectivity index is 1.85. The molecular weight excluding hydrogens is 377 g/mol. The van der Waals surface area contributed by atoms with Crippen LogP contribution in [0.5, 0.6) is 5.75 Å². The Morgan fingerprint density at radius 1 is 1.13 bits per heavy atom. The third-order valence-corrected chi connectivity index (χ3v) is 5.49. The van der Waals surface area contributed by atoms with E-state index in [4.69, 9.17) is 45.3 Å². The summed E-state index contributed by atoms with van der Waals surface area (Å²) >= 11 is 19.4. The quantitative estimate of drug-likeness (QED) is 0.640. The Kier molecular flexibility index (Phi) is 4.69. The van der Waals surface area contributed by atoms with Crippen molar-refractivity contribution in [3.63, 3.8) is 0 Å². The number of rotatable bonds is 4. The van der Waals surface area contributed by atoms with Crippen LogP contribution in [0.15, 0.2) is 36.4 Å². The first-order valence-electron chi connectivity index (χ1n) is 6.54. The molecular formula is C16H10Cl3NO2S. The molecule has 2 aromatic carbocycles. The summed E-state index contributed by atoms with van der Waals surface area (Å²) in [6.07, 6.45) is 0. The van der Waals surface area contributed by atoms with E-state index in [9.17, 15) is 4.79 Å². The summed E-state index contributed by atoms with van der Waals surface area (Å²) in [5, 5.41) is 2.29. The van der Waals surface area contributed by atoms with Gasteiger partial charge in [0.1, 0.15) is 17.2 Å². The number of amides is 1. The van der Waals surface area contributed by atoms with Gasteiger partial charge < -0.3 is 10.5 Å². The van der Waals surface area contributed by atoms with Crippen LogP contribution in [0.2, 0.25) is 15.1 Å². The molecule has 23 heavy (non-hydrogen) atoms. The third kappa shape index (κ3) is 3.40. The number of thiophene rings is 1. The number of primary amides is 1. The highest BCUT2D eigenvalue weighted by Crippen LogP contribution is 2.37. The second-order valence-corrected chi connectivity index (χ2v) is 7.07. The molecule has 0 aliphatic heterocycles. The molecule has 0 atom stereocenters. The molecule has 3 nitrogen and oxygen atoms in total. The van der Waals surface area contributed by atoms with Gasteiger partial charge in [0, 0.05) is 25.7 Å². The van der Waals surface area contributed by atoms with Gasteiger partial charge in [0.2, 0.25) is 0 Å². The molecule has 0 radical (unpaired) electrons. The molecule has 0 bridgehead atoms. The molecule has 0 aliphatic rings. The van der Waals surface area contributed by atoms with Crippen LogP contribution in [0.1, 0.15) is 15.2 Å². The van der Waals surface area contributed by atoms with Crippen molar-refractivity contribution in [2.24, 2.45) is 5.73 Å². The van der Waals surface area contributed by atoms with Crippen LogP contribution in [-0.2, 0) is 6.61 Å². The molecule has 0 spiro atoms. The van der Waals surface area contributed by atoms with Crippen LogP contribution < -0.4 is 10.5 Å². The maximum atomic E-state index is 11.3. The van der Waals surface area contributed by atoms with E-state index < -0.39 is 5.91 Å². The molecule has 0 fully saturated rings. The van der Waals surface area contributed by atoms with Gasteiger partial charge in [0.05, 0.1) is 5.02 Å². The summed E-state index contributed by atoms with van der Waals surface area (Å²) in [6, 6.07) is 10.7. The van der Waals surface area contributed by atoms with Crippen molar-refractivity contribution in [2.75, 3.05) is 0 Å². The fraction of sp³-hybridized carbons (Fsp3) is 0.0625. The number of ether oxygens (including phenoxy) is 1. The second kappa shape index (κ2) is 6.57. The van der Waals surface area contributed by atoms with Crippen molar-refractivity contribution in [1.29, 1.82) is 0 Å². The van der Waals surface area contributed by atoms with E-state index in [-0.39, 0.29) is 0 Å². The lowest BCUT2D eigenvalue weighted by atomic mass is 10.2. The third-order valence-electron chi connectivity index (χ3n) is 3.23. The van der Waals surface area contributed by atoms with Crippen molar-refractivity contribution in [3.8, 4) is 5.75 Å². The number of hydrogen-bond acceptors (Lipinski definition) is 3. The van der Waals surface area contributed by atoms with Crippen LogP contribution in [0.4, 0.5) is 0 Å². The number of nitrogens with two attached hydrogens (primary N) is 1. The molecule has 118 valence electrons. The molecule has 1 heterocycles. The van der Waals surface area contributed by atoms with E-state index in [0.29, 0.717) is 32.3 Å². The molecule has 0 saturated carbocycles. The fourth-order valence-electron chi connectivity index (χ4n) is 2.09. The topological polar surface area (TPSA) is 52.3 Å². The zero-order valence-electron chi connectivity index (χ0n) is 11.6. The first-order chi connectivity index (χ1) is 11.0. The highest BCUT2D eigenvalue weighted by Gasteiger charge is 2.15. The molecule has 1 aromatic heterocycles. The number of fused-ring (bicyclic) bond motifs is 1. The van der Waals surface area contributed by atoms with Crippen LogP contribution in [0, 0.1) is 0 Å². The first kappa shape index (κ1) is 16.4. The Morgan fingerprint density at radius 2 is 1.91 bits per heavy atom. The molecule has 0 unspecified atom stereocenters. The minimum Gasteiger partial charge on any atom is -0.489 e. The lowest BCUT2D eigenvalue weighted by Gasteiger charge is -2.08. The van der Waals surface area contributed by atoms with Crippen molar-refractivity contribution in [1.82, 2.24) is 0 Å². The van der Waals surface area contributed by atoms with Gasteiger partial charge in [-0.2, -0.15) is 0 Å². The highest BCUT2D eigenvalue weighted by atomic mass is 35.5. The van der Waals surface area contributed by atoms with Gasteiger partial charge >= 0.3 is 0 Å². The zero-order chi connectivity index (χ0) is 16.6. The summed E-state index contributed by atoms with van der Waals surface area (Å²) in [7, 11) is 0. The van der Waals surface area contributed by atoms with Crippen LogP contribution >= 0.6 is 46.1 Å². The number of hydrogen-bond donors (Lipinski definition) is 1. The molecule has 1 amide bonds. The Hall–Kier alpha value is -1.46. The van der Waals surface area contributed by atoms with Gasteiger partial charge in [-0.05, 0) is 30.3 Å². The standard InChI is InChI=1S/C16H10Cl3NO2S/c17-9-2-1-8(12(18)5-9)7-22-10-3-4-11-13(6-10)23-15(14(11)19)16(20)21/h1-6H,7H2,(H2,20,21). The molecule has 0 aliphatic carbocycles. The van der Waals surface area contributed by atoms with Crippen molar-refractivity contribution in [3.05, 3.63) is 61.9 Å². The normalized spacial score (nSPS) is 10.9. The summed E-state index contributed by atoms with van der Waals surface area (Å²) in [5.74, 6) is 0.115. The molecule has 2 N–H and O–H groups in total. The van der Waals surface area contributed by atoms with Gasteiger partial charge in [-0.3, -0.25) is 4.79 Å².